The molecule has 1 fully saturated rings. The van der Waals surface area contributed by atoms with Crippen LogP contribution in [0.5, 0.6) is 0 Å². The lowest BCUT2D eigenvalue weighted by Gasteiger charge is -2.12. The van der Waals surface area contributed by atoms with Gasteiger partial charge in [-0.25, -0.2) is 4.79 Å². The van der Waals surface area contributed by atoms with Gasteiger partial charge in [0, 0.05) is 6.54 Å². The van der Waals surface area contributed by atoms with E-state index in [1.807, 2.05) is 0 Å². The molecular formula is C12H16N2O5. The van der Waals surface area contributed by atoms with Crippen LogP contribution in [0.25, 0.3) is 0 Å². The normalized spacial score (nSPS) is 22.4. The molecule has 2 atom stereocenters. The number of carboxylic acid groups (broad SMARTS) is 1. The Balaban J connectivity index is 1.87. The van der Waals surface area contributed by atoms with E-state index in [1.165, 1.54) is 0 Å². The molecule has 2 unspecified atom stereocenters. The predicted octanol–water partition coefficient (Wildman–Crippen LogP) is 0.653. The molecule has 1 saturated heterocycles. The standard InChI is InChI=1S/C12H16N2O5/c1-6-10(7(2)19-14-6)11(15)13-5-8-3-4-9(18-8)12(16)17/h8-9H,3-5H2,1-2H3,(H,13,15)(H,16,17). The highest BCUT2D eigenvalue weighted by atomic mass is 16.5. The number of aromatic nitrogens is 1. The molecule has 0 bridgehead atoms. The van der Waals surface area contributed by atoms with E-state index >= 15 is 0 Å². The maximum Gasteiger partial charge on any atom is 0.332 e. The van der Waals surface area contributed by atoms with Crippen LogP contribution in [0.1, 0.15) is 34.7 Å². The summed E-state index contributed by atoms with van der Waals surface area (Å²) in [7, 11) is 0. The molecule has 1 aromatic heterocycles. The third-order valence-electron chi connectivity index (χ3n) is 3.13. The quantitative estimate of drug-likeness (QED) is 0.831. The Kier molecular flexibility index (Phi) is 3.84. The molecule has 1 aliphatic heterocycles. The SMILES string of the molecule is Cc1noc(C)c1C(=O)NCC1CCC(C(=O)O)O1. The highest BCUT2D eigenvalue weighted by molar-refractivity contribution is 5.96. The van der Waals surface area contributed by atoms with Crippen molar-refractivity contribution in [3.63, 3.8) is 0 Å². The minimum Gasteiger partial charge on any atom is -0.479 e. The summed E-state index contributed by atoms with van der Waals surface area (Å²) < 4.78 is 10.2. The highest BCUT2D eigenvalue weighted by Crippen LogP contribution is 2.19. The van der Waals surface area contributed by atoms with E-state index in [4.69, 9.17) is 14.4 Å². The van der Waals surface area contributed by atoms with Crippen molar-refractivity contribution in [1.82, 2.24) is 10.5 Å². The second-order valence-corrected chi connectivity index (χ2v) is 4.57. The Morgan fingerprint density at radius 1 is 1.42 bits per heavy atom. The van der Waals surface area contributed by atoms with E-state index < -0.39 is 12.1 Å². The minimum absolute atomic E-state index is 0.259. The van der Waals surface area contributed by atoms with Crippen LogP contribution in [-0.4, -0.2) is 40.9 Å². The first kappa shape index (κ1) is 13.5. The topological polar surface area (TPSA) is 102 Å². The zero-order valence-electron chi connectivity index (χ0n) is 10.8. The van der Waals surface area contributed by atoms with Crippen LogP contribution in [0, 0.1) is 13.8 Å². The number of carboxylic acids is 1. The molecule has 0 saturated carbocycles. The lowest BCUT2D eigenvalue weighted by atomic mass is 10.1. The van der Waals surface area contributed by atoms with E-state index in [1.54, 1.807) is 13.8 Å². The van der Waals surface area contributed by atoms with Crippen LogP contribution >= 0.6 is 0 Å². The molecule has 2 heterocycles. The summed E-state index contributed by atoms with van der Waals surface area (Å²) in [4.78, 5) is 22.7. The number of nitrogens with one attached hydrogen (secondary N) is 1. The Hall–Kier alpha value is -1.89. The van der Waals surface area contributed by atoms with Gasteiger partial charge < -0.3 is 19.7 Å². The number of rotatable bonds is 4. The number of hydrogen-bond donors (Lipinski definition) is 2. The molecule has 0 radical (unpaired) electrons. The molecule has 0 aliphatic carbocycles. The van der Waals surface area contributed by atoms with Gasteiger partial charge in [-0.1, -0.05) is 5.16 Å². The fourth-order valence-electron chi connectivity index (χ4n) is 2.14. The van der Waals surface area contributed by atoms with Crippen LogP contribution in [0.3, 0.4) is 0 Å². The van der Waals surface area contributed by atoms with Crippen molar-refractivity contribution in [2.45, 2.75) is 38.9 Å². The minimum atomic E-state index is -0.959. The average Bonchev–Trinajstić information content (AvgIpc) is 2.94. The summed E-state index contributed by atoms with van der Waals surface area (Å²) in [5, 5.41) is 15.2. The number of ether oxygens (including phenoxy) is 1. The van der Waals surface area contributed by atoms with Crippen LogP contribution < -0.4 is 5.32 Å². The first-order chi connectivity index (χ1) is 8.99. The summed E-state index contributed by atoms with van der Waals surface area (Å²) in [5.74, 6) is -0.774. The highest BCUT2D eigenvalue weighted by Gasteiger charge is 2.30. The number of hydrogen-bond acceptors (Lipinski definition) is 5. The third kappa shape index (κ3) is 2.93. The largest absolute Gasteiger partial charge is 0.479 e. The van der Waals surface area contributed by atoms with Crippen molar-refractivity contribution in [2.75, 3.05) is 6.54 Å². The first-order valence-corrected chi connectivity index (χ1v) is 6.08. The first-order valence-electron chi connectivity index (χ1n) is 6.08. The van der Waals surface area contributed by atoms with Gasteiger partial charge in [-0.3, -0.25) is 4.79 Å². The fourth-order valence-corrected chi connectivity index (χ4v) is 2.14. The molecule has 19 heavy (non-hydrogen) atoms. The summed E-state index contributed by atoms with van der Waals surface area (Å²) in [5.41, 5.74) is 0.957. The maximum absolute atomic E-state index is 11.9. The summed E-state index contributed by atoms with van der Waals surface area (Å²) in [6.07, 6.45) is 0.0755. The lowest BCUT2D eigenvalue weighted by molar-refractivity contribution is -0.149. The average molecular weight is 268 g/mol. The van der Waals surface area contributed by atoms with Crippen molar-refractivity contribution in [3.05, 3.63) is 17.0 Å². The number of amides is 1. The van der Waals surface area contributed by atoms with Gasteiger partial charge >= 0.3 is 5.97 Å². The van der Waals surface area contributed by atoms with Gasteiger partial charge in [-0.05, 0) is 26.7 Å². The van der Waals surface area contributed by atoms with E-state index in [0.717, 1.165) is 0 Å². The molecule has 0 spiro atoms. The number of nitrogens with zero attached hydrogens (tertiary/aromatic N) is 1. The van der Waals surface area contributed by atoms with Gasteiger partial charge in [0.1, 0.15) is 11.3 Å². The summed E-state index contributed by atoms with van der Waals surface area (Å²) in [6, 6.07) is 0. The zero-order valence-corrected chi connectivity index (χ0v) is 10.8. The molecule has 7 heteroatoms. The van der Waals surface area contributed by atoms with Crippen LogP contribution in [0.2, 0.25) is 0 Å². The molecule has 1 aromatic rings. The monoisotopic (exact) mass is 268 g/mol. The Morgan fingerprint density at radius 3 is 2.68 bits per heavy atom. The van der Waals surface area contributed by atoms with E-state index in [-0.39, 0.29) is 18.6 Å². The molecule has 104 valence electrons. The van der Waals surface area contributed by atoms with E-state index in [2.05, 4.69) is 10.5 Å². The van der Waals surface area contributed by atoms with Crippen molar-refractivity contribution in [2.24, 2.45) is 0 Å². The van der Waals surface area contributed by atoms with Gasteiger partial charge in [0.15, 0.2) is 6.10 Å². The third-order valence-corrected chi connectivity index (χ3v) is 3.13. The molecule has 1 amide bonds. The Morgan fingerprint density at radius 2 is 2.16 bits per heavy atom. The van der Waals surface area contributed by atoms with E-state index in [0.29, 0.717) is 29.9 Å². The van der Waals surface area contributed by atoms with Crippen molar-refractivity contribution < 1.29 is 24.0 Å². The predicted molar refractivity (Wildman–Crippen MR) is 63.8 cm³/mol. The molecule has 2 N–H and O–H groups in total. The van der Waals surface area contributed by atoms with Crippen LogP contribution in [-0.2, 0) is 9.53 Å². The molecule has 1 aliphatic rings. The second kappa shape index (κ2) is 5.40. The van der Waals surface area contributed by atoms with E-state index in [9.17, 15) is 9.59 Å². The molecular weight excluding hydrogens is 252 g/mol. The Labute approximate surface area is 109 Å². The molecule has 7 nitrogen and oxygen atoms in total. The second-order valence-electron chi connectivity index (χ2n) is 4.57. The van der Waals surface area contributed by atoms with Gasteiger partial charge in [0.25, 0.3) is 5.91 Å². The Bertz CT molecular complexity index is 477. The summed E-state index contributed by atoms with van der Waals surface area (Å²) in [6.45, 7) is 3.64. The number of aliphatic carboxylic acids is 1. The zero-order chi connectivity index (χ0) is 14.0. The lowest BCUT2D eigenvalue weighted by Crippen LogP contribution is -2.33. The number of carbonyl (C=O) groups excluding carboxylic acids is 1. The summed E-state index contributed by atoms with van der Waals surface area (Å²) >= 11 is 0. The van der Waals surface area contributed by atoms with Crippen molar-refractivity contribution in [3.8, 4) is 0 Å². The van der Waals surface area contributed by atoms with Crippen molar-refractivity contribution in [1.29, 1.82) is 0 Å². The van der Waals surface area contributed by atoms with Crippen LogP contribution in [0.15, 0.2) is 4.52 Å². The number of carbonyl (C=O) groups is 2. The van der Waals surface area contributed by atoms with Crippen molar-refractivity contribution >= 4 is 11.9 Å². The smallest absolute Gasteiger partial charge is 0.332 e. The maximum atomic E-state index is 11.9. The van der Waals surface area contributed by atoms with Gasteiger partial charge in [0.05, 0.1) is 11.8 Å². The fraction of sp³-hybridized carbons (Fsp3) is 0.583. The van der Waals surface area contributed by atoms with Gasteiger partial charge in [-0.2, -0.15) is 0 Å². The van der Waals surface area contributed by atoms with Gasteiger partial charge in [0.2, 0.25) is 0 Å². The van der Waals surface area contributed by atoms with Gasteiger partial charge in [-0.15, -0.1) is 0 Å². The molecule has 2 rings (SSSR count). The van der Waals surface area contributed by atoms with Crippen LogP contribution in [0.4, 0.5) is 0 Å². The number of aryl methyl sites for hydroxylation is 2. The molecule has 0 aromatic carbocycles.